The first-order valence-electron chi connectivity index (χ1n) is 8.72. The number of imidazole rings is 1. The van der Waals surface area contributed by atoms with Crippen LogP contribution < -0.4 is 5.32 Å². The summed E-state index contributed by atoms with van der Waals surface area (Å²) in [5.74, 6) is 0.942. The van der Waals surface area contributed by atoms with Crippen molar-refractivity contribution >= 4 is 11.5 Å². The summed E-state index contributed by atoms with van der Waals surface area (Å²) in [5, 5.41) is 8.34. The van der Waals surface area contributed by atoms with E-state index in [-0.39, 0.29) is 6.04 Å². The predicted octanol–water partition coefficient (Wildman–Crippen LogP) is 3.70. The van der Waals surface area contributed by atoms with Crippen LogP contribution in [0.5, 0.6) is 0 Å². The molecule has 3 heterocycles. The lowest BCUT2D eigenvalue weighted by Gasteiger charge is -2.21. The van der Waals surface area contributed by atoms with Crippen molar-refractivity contribution < 1.29 is 0 Å². The molecule has 0 aliphatic rings. The Labute approximate surface area is 152 Å². The highest BCUT2D eigenvalue weighted by molar-refractivity contribution is 5.56. The highest BCUT2D eigenvalue weighted by Crippen LogP contribution is 2.24. The largest absolute Gasteiger partial charge is 0.361 e. The number of aryl methyl sites for hydroxylation is 3. The Morgan fingerprint density at radius 3 is 2.65 bits per heavy atom. The zero-order valence-corrected chi connectivity index (χ0v) is 15.2. The van der Waals surface area contributed by atoms with E-state index in [1.807, 2.05) is 43.0 Å². The van der Waals surface area contributed by atoms with Crippen molar-refractivity contribution in [2.75, 3.05) is 5.32 Å². The van der Waals surface area contributed by atoms with Gasteiger partial charge >= 0.3 is 0 Å². The molecule has 1 aromatic carbocycles. The Hall–Kier alpha value is -3.15. The molecule has 6 nitrogen and oxygen atoms in total. The number of hydrogen-bond donors (Lipinski definition) is 1. The number of anilines is 1. The van der Waals surface area contributed by atoms with Crippen LogP contribution in [0.2, 0.25) is 0 Å². The first-order valence-corrected chi connectivity index (χ1v) is 8.72. The first kappa shape index (κ1) is 16.3. The maximum atomic E-state index is 4.67. The van der Waals surface area contributed by atoms with Gasteiger partial charge in [0.25, 0.3) is 0 Å². The second kappa shape index (κ2) is 6.63. The third kappa shape index (κ3) is 3.06. The molecule has 3 aromatic heterocycles. The van der Waals surface area contributed by atoms with E-state index in [0.29, 0.717) is 0 Å². The molecule has 0 saturated carbocycles. The van der Waals surface area contributed by atoms with Crippen LogP contribution in [0, 0.1) is 20.8 Å². The average Bonchev–Trinajstić information content (AvgIpc) is 3.25. The predicted molar refractivity (Wildman–Crippen MR) is 102 cm³/mol. The van der Waals surface area contributed by atoms with Gasteiger partial charge in [-0.15, -0.1) is 0 Å². The highest BCUT2D eigenvalue weighted by Gasteiger charge is 2.16. The monoisotopic (exact) mass is 346 g/mol. The number of benzene rings is 1. The van der Waals surface area contributed by atoms with E-state index in [4.69, 9.17) is 0 Å². The second-order valence-corrected chi connectivity index (χ2v) is 6.60. The quantitative estimate of drug-likeness (QED) is 0.598. The molecule has 0 radical (unpaired) electrons. The normalized spacial score (nSPS) is 12.4. The zero-order chi connectivity index (χ0) is 18.1. The van der Waals surface area contributed by atoms with Crippen LogP contribution in [0.4, 0.5) is 5.82 Å². The number of hydrogen-bond acceptors (Lipinski definition) is 4. The van der Waals surface area contributed by atoms with Crippen LogP contribution in [-0.2, 0) is 6.54 Å². The molecule has 132 valence electrons. The summed E-state index contributed by atoms with van der Waals surface area (Å²) in [5.41, 5.74) is 5.20. The van der Waals surface area contributed by atoms with Gasteiger partial charge in [0.2, 0.25) is 0 Å². The molecular formula is C20H22N6. The van der Waals surface area contributed by atoms with Crippen LogP contribution in [0.25, 0.3) is 5.65 Å². The molecular weight excluding hydrogens is 324 g/mol. The Morgan fingerprint density at radius 1 is 1.12 bits per heavy atom. The van der Waals surface area contributed by atoms with E-state index in [1.165, 1.54) is 5.56 Å². The standard InChI is InChI=1S/C20H22N6/c1-14-11-19(26-20(22-14)15(2)16(3)24-26)23-18(12-25-10-9-21-13-25)17-7-5-4-6-8-17/h4-11,13,18,23H,12H2,1-3H3. The van der Waals surface area contributed by atoms with Gasteiger partial charge < -0.3 is 9.88 Å². The fraction of sp³-hybridized carbons (Fsp3) is 0.250. The highest BCUT2D eigenvalue weighted by atomic mass is 15.3. The lowest BCUT2D eigenvalue weighted by molar-refractivity contribution is 0.603. The van der Waals surface area contributed by atoms with Crippen molar-refractivity contribution in [2.24, 2.45) is 0 Å². The van der Waals surface area contributed by atoms with Gasteiger partial charge in [0, 0.05) is 36.3 Å². The van der Waals surface area contributed by atoms with Gasteiger partial charge in [-0.3, -0.25) is 0 Å². The van der Waals surface area contributed by atoms with E-state index < -0.39 is 0 Å². The summed E-state index contributed by atoms with van der Waals surface area (Å²) < 4.78 is 3.98. The van der Waals surface area contributed by atoms with Crippen LogP contribution >= 0.6 is 0 Å². The molecule has 4 rings (SSSR count). The minimum absolute atomic E-state index is 0.0835. The number of nitrogens with zero attached hydrogens (tertiary/aromatic N) is 5. The molecule has 0 amide bonds. The minimum Gasteiger partial charge on any atom is -0.361 e. The van der Waals surface area contributed by atoms with Crippen molar-refractivity contribution in [2.45, 2.75) is 33.4 Å². The summed E-state index contributed by atoms with van der Waals surface area (Å²) >= 11 is 0. The van der Waals surface area contributed by atoms with Crippen molar-refractivity contribution in [3.8, 4) is 0 Å². The smallest absolute Gasteiger partial charge is 0.160 e. The van der Waals surface area contributed by atoms with Crippen LogP contribution in [0.15, 0.2) is 55.1 Å². The van der Waals surface area contributed by atoms with E-state index in [1.54, 1.807) is 6.20 Å². The SMILES string of the molecule is Cc1cc(NC(Cn2ccnc2)c2ccccc2)n2nc(C)c(C)c2n1. The number of rotatable bonds is 5. The molecule has 4 aromatic rings. The van der Waals surface area contributed by atoms with Gasteiger partial charge in [-0.2, -0.15) is 9.61 Å². The molecule has 0 saturated heterocycles. The van der Waals surface area contributed by atoms with Crippen molar-refractivity contribution in [1.82, 2.24) is 24.1 Å². The summed E-state index contributed by atoms with van der Waals surface area (Å²) in [4.78, 5) is 8.82. The molecule has 6 heteroatoms. The number of nitrogens with one attached hydrogen (secondary N) is 1. The lowest BCUT2D eigenvalue weighted by atomic mass is 10.1. The topological polar surface area (TPSA) is 60.0 Å². The Kier molecular flexibility index (Phi) is 4.16. The molecule has 0 spiro atoms. The summed E-state index contributed by atoms with van der Waals surface area (Å²) in [6.45, 7) is 6.86. The molecule has 0 bridgehead atoms. The van der Waals surface area contributed by atoms with Crippen molar-refractivity contribution in [3.05, 3.63) is 77.6 Å². The van der Waals surface area contributed by atoms with Gasteiger partial charge in [0.15, 0.2) is 5.65 Å². The molecule has 0 aliphatic carbocycles. The lowest BCUT2D eigenvalue weighted by Crippen LogP contribution is -2.19. The maximum Gasteiger partial charge on any atom is 0.160 e. The van der Waals surface area contributed by atoms with E-state index in [0.717, 1.165) is 35.0 Å². The number of aromatic nitrogens is 5. The first-order chi connectivity index (χ1) is 12.6. The van der Waals surface area contributed by atoms with Gasteiger partial charge in [0.1, 0.15) is 5.82 Å². The second-order valence-electron chi connectivity index (χ2n) is 6.60. The third-order valence-electron chi connectivity index (χ3n) is 4.66. The molecule has 1 atom stereocenters. The molecule has 1 N–H and O–H groups in total. The summed E-state index contributed by atoms with van der Waals surface area (Å²) in [6, 6.07) is 12.6. The minimum atomic E-state index is 0.0835. The fourth-order valence-electron chi connectivity index (χ4n) is 3.16. The van der Waals surface area contributed by atoms with Gasteiger partial charge in [-0.25, -0.2) is 9.97 Å². The van der Waals surface area contributed by atoms with E-state index in [9.17, 15) is 0 Å². The van der Waals surface area contributed by atoms with Crippen LogP contribution in [0.1, 0.15) is 28.6 Å². The number of fused-ring (bicyclic) bond motifs is 1. The molecule has 1 unspecified atom stereocenters. The van der Waals surface area contributed by atoms with E-state index >= 15 is 0 Å². The Morgan fingerprint density at radius 2 is 1.92 bits per heavy atom. The molecule has 0 fully saturated rings. The molecule has 26 heavy (non-hydrogen) atoms. The van der Waals surface area contributed by atoms with Crippen LogP contribution in [0.3, 0.4) is 0 Å². The average molecular weight is 346 g/mol. The summed E-state index contributed by atoms with van der Waals surface area (Å²) in [6.07, 6.45) is 5.62. The zero-order valence-electron chi connectivity index (χ0n) is 15.2. The van der Waals surface area contributed by atoms with Gasteiger partial charge in [-0.05, 0) is 26.3 Å². The third-order valence-corrected chi connectivity index (χ3v) is 4.66. The van der Waals surface area contributed by atoms with Crippen LogP contribution in [-0.4, -0.2) is 24.1 Å². The Balaban J connectivity index is 1.76. The van der Waals surface area contributed by atoms with Gasteiger partial charge in [0.05, 0.1) is 18.1 Å². The molecule has 0 aliphatic heterocycles. The van der Waals surface area contributed by atoms with Crippen molar-refractivity contribution in [1.29, 1.82) is 0 Å². The summed E-state index contributed by atoms with van der Waals surface area (Å²) in [7, 11) is 0. The maximum absolute atomic E-state index is 4.67. The van der Waals surface area contributed by atoms with Crippen molar-refractivity contribution in [3.63, 3.8) is 0 Å². The van der Waals surface area contributed by atoms with E-state index in [2.05, 4.69) is 56.1 Å². The Bertz CT molecular complexity index is 1020. The fourth-order valence-corrected chi connectivity index (χ4v) is 3.16. The van der Waals surface area contributed by atoms with Gasteiger partial charge in [-0.1, -0.05) is 30.3 Å².